The number of nitrogens with one attached hydrogen (secondary N) is 2. The van der Waals surface area contributed by atoms with Crippen LogP contribution in [0.3, 0.4) is 0 Å². The van der Waals surface area contributed by atoms with Crippen molar-refractivity contribution in [1.82, 2.24) is 20.3 Å². The standard InChI is InChI=1S/C21H24N4/c1-2-5-16(6-3-1)13-17-8-9-19(14-17)25-20(21-23-11-12-24-21)18-7-4-10-22-15-18/h1-7,10-12,15,17,19-20,25H,8-9,13-14H2,(H,23,24). The van der Waals surface area contributed by atoms with E-state index in [1.807, 2.05) is 30.9 Å². The molecule has 25 heavy (non-hydrogen) atoms. The molecule has 1 aliphatic carbocycles. The molecule has 0 aliphatic heterocycles. The van der Waals surface area contributed by atoms with Gasteiger partial charge in [0.1, 0.15) is 5.82 Å². The summed E-state index contributed by atoms with van der Waals surface area (Å²) in [6.45, 7) is 0. The number of imidazole rings is 1. The maximum Gasteiger partial charge on any atom is 0.127 e. The Morgan fingerprint density at radius 1 is 1.08 bits per heavy atom. The Balaban J connectivity index is 1.43. The molecule has 4 nitrogen and oxygen atoms in total. The molecule has 3 atom stereocenters. The maximum atomic E-state index is 4.48. The van der Waals surface area contributed by atoms with E-state index in [1.54, 1.807) is 0 Å². The van der Waals surface area contributed by atoms with Crippen molar-refractivity contribution < 1.29 is 0 Å². The van der Waals surface area contributed by atoms with Crippen LogP contribution in [0.1, 0.15) is 42.3 Å². The van der Waals surface area contributed by atoms with E-state index in [4.69, 9.17) is 0 Å². The minimum Gasteiger partial charge on any atom is -0.347 e. The van der Waals surface area contributed by atoms with Gasteiger partial charge in [0.15, 0.2) is 0 Å². The second-order valence-corrected chi connectivity index (χ2v) is 6.93. The fourth-order valence-corrected chi connectivity index (χ4v) is 3.91. The van der Waals surface area contributed by atoms with E-state index < -0.39 is 0 Å². The normalized spacial score (nSPS) is 21.3. The Kier molecular flexibility index (Phi) is 4.89. The molecule has 1 aromatic carbocycles. The summed E-state index contributed by atoms with van der Waals surface area (Å²) in [6, 6.07) is 15.5. The third kappa shape index (κ3) is 3.97. The van der Waals surface area contributed by atoms with Crippen LogP contribution in [0.4, 0.5) is 0 Å². The Hall–Kier alpha value is -2.46. The SMILES string of the molecule is c1ccc(CC2CCC(NC(c3cccnc3)c3ncc[nH]3)C2)cc1. The minimum atomic E-state index is 0.0733. The summed E-state index contributed by atoms with van der Waals surface area (Å²) in [5, 5.41) is 3.82. The first-order chi connectivity index (χ1) is 12.4. The highest BCUT2D eigenvalue weighted by molar-refractivity contribution is 5.22. The highest BCUT2D eigenvalue weighted by atomic mass is 15.0. The molecule has 0 bridgehead atoms. The maximum absolute atomic E-state index is 4.48. The Morgan fingerprint density at radius 2 is 2.00 bits per heavy atom. The molecule has 1 aliphatic rings. The first kappa shape index (κ1) is 16.0. The molecule has 1 saturated carbocycles. The van der Waals surface area contributed by atoms with E-state index in [2.05, 4.69) is 56.7 Å². The van der Waals surface area contributed by atoms with Gasteiger partial charge in [0.05, 0.1) is 6.04 Å². The van der Waals surface area contributed by atoms with Gasteiger partial charge in [0.2, 0.25) is 0 Å². The number of benzene rings is 1. The number of rotatable bonds is 6. The zero-order chi connectivity index (χ0) is 16.9. The van der Waals surface area contributed by atoms with Crippen LogP contribution in [-0.2, 0) is 6.42 Å². The number of nitrogens with zero attached hydrogens (tertiary/aromatic N) is 2. The average molecular weight is 332 g/mol. The molecule has 3 unspecified atom stereocenters. The topological polar surface area (TPSA) is 53.6 Å². The van der Waals surface area contributed by atoms with Crippen molar-refractivity contribution in [2.75, 3.05) is 0 Å². The van der Waals surface area contributed by atoms with Gasteiger partial charge in [-0.15, -0.1) is 0 Å². The van der Waals surface area contributed by atoms with Crippen molar-refractivity contribution in [2.24, 2.45) is 5.92 Å². The fourth-order valence-electron chi connectivity index (χ4n) is 3.91. The van der Waals surface area contributed by atoms with Crippen molar-refractivity contribution in [2.45, 2.75) is 37.8 Å². The number of H-pyrrole nitrogens is 1. The third-order valence-electron chi connectivity index (χ3n) is 5.12. The molecular formula is C21H24N4. The van der Waals surface area contributed by atoms with Crippen molar-refractivity contribution in [3.05, 3.63) is 84.2 Å². The molecule has 2 aromatic heterocycles. The van der Waals surface area contributed by atoms with Gasteiger partial charge in [0, 0.05) is 30.8 Å². The van der Waals surface area contributed by atoms with Crippen LogP contribution in [0, 0.1) is 5.92 Å². The van der Waals surface area contributed by atoms with Crippen molar-refractivity contribution in [1.29, 1.82) is 0 Å². The number of aromatic nitrogens is 3. The van der Waals surface area contributed by atoms with E-state index >= 15 is 0 Å². The summed E-state index contributed by atoms with van der Waals surface area (Å²) < 4.78 is 0. The summed E-state index contributed by atoms with van der Waals surface area (Å²) in [5.41, 5.74) is 2.60. The summed E-state index contributed by atoms with van der Waals surface area (Å²) in [7, 11) is 0. The lowest BCUT2D eigenvalue weighted by atomic mass is 9.97. The van der Waals surface area contributed by atoms with Gasteiger partial charge in [0.25, 0.3) is 0 Å². The minimum absolute atomic E-state index is 0.0733. The summed E-state index contributed by atoms with van der Waals surface area (Å²) >= 11 is 0. The molecule has 0 spiro atoms. The lowest BCUT2D eigenvalue weighted by molar-refractivity contribution is 0.445. The molecule has 0 amide bonds. The fraction of sp³-hybridized carbons (Fsp3) is 0.333. The molecule has 0 radical (unpaired) electrons. The van der Waals surface area contributed by atoms with Crippen LogP contribution in [0.25, 0.3) is 0 Å². The number of pyridine rings is 1. The van der Waals surface area contributed by atoms with Gasteiger partial charge in [-0.25, -0.2) is 4.98 Å². The highest BCUT2D eigenvalue weighted by Crippen LogP contribution is 2.31. The van der Waals surface area contributed by atoms with Crippen molar-refractivity contribution >= 4 is 0 Å². The Morgan fingerprint density at radius 3 is 2.76 bits per heavy atom. The van der Waals surface area contributed by atoms with E-state index in [-0.39, 0.29) is 6.04 Å². The smallest absolute Gasteiger partial charge is 0.127 e. The van der Waals surface area contributed by atoms with Gasteiger partial charge in [-0.1, -0.05) is 36.4 Å². The molecule has 2 N–H and O–H groups in total. The van der Waals surface area contributed by atoms with Gasteiger partial charge in [-0.2, -0.15) is 0 Å². The van der Waals surface area contributed by atoms with Crippen LogP contribution in [0.15, 0.2) is 67.3 Å². The number of aromatic amines is 1. The number of hydrogen-bond donors (Lipinski definition) is 2. The van der Waals surface area contributed by atoms with Crippen LogP contribution in [0.2, 0.25) is 0 Å². The quantitative estimate of drug-likeness (QED) is 0.720. The zero-order valence-corrected chi connectivity index (χ0v) is 14.3. The Labute approximate surface area is 148 Å². The second kappa shape index (κ2) is 7.62. The summed E-state index contributed by atoms with van der Waals surface area (Å²) in [5.74, 6) is 1.71. The largest absolute Gasteiger partial charge is 0.347 e. The molecule has 128 valence electrons. The van der Waals surface area contributed by atoms with Crippen molar-refractivity contribution in [3.8, 4) is 0 Å². The van der Waals surface area contributed by atoms with Gasteiger partial charge in [-0.3, -0.25) is 4.98 Å². The van der Waals surface area contributed by atoms with Crippen LogP contribution >= 0.6 is 0 Å². The first-order valence-electron chi connectivity index (χ1n) is 9.07. The highest BCUT2D eigenvalue weighted by Gasteiger charge is 2.28. The number of hydrogen-bond acceptors (Lipinski definition) is 3. The predicted octanol–water partition coefficient (Wildman–Crippen LogP) is 3.90. The Bertz CT molecular complexity index is 755. The second-order valence-electron chi connectivity index (χ2n) is 6.93. The van der Waals surface area contributed by atoms with Crippen molar-refractivity contribution in [3.63, 3.8) is 0 Å². The first-order valence-corrected chi connectivity index (χ1v) is 9.07. The lowest BCUT2D eigenvalue weighted by Crippen LogP contribution is -2.32. The molecule has 4 heteroatoms. The van der Waals surface area contributed by atoms with Crippen LogP contribution in [-0.4, -0.2) is 21.0 Å². The summed E-state index contributed by atoms with van der Waals surface area (Å²) in [4.78, 5) is 12.0. The third-order valence-corrected chi connectivity index (χ3v) is 5.12. The molecule has 0 saturated heterocycles. The van der Waals surface area contributed by atoms with Crippen LogP contribution < -0.4 is 5.32 Å². The van der Waals surface area contributed by atoms with E-state index in [0.29, 0.717) is 6.04 Å². The molecular weight excluding hydrogens is 308 g/mol. The molecule has 4 rings (SSSR count). The van der Waals surface area contributed by atoms with E-state index in [1.165, 1.54) is 31.2 Å². The van der Waals surface area contributed by atoms with Gasteiger partial charge >= 0.3 is 0 Å². The molecule has 1 fully saturated rings. The predicted molar refractivity (Wildman–Crippen MR) is 99.1 cm³/mol. The molecule has 2 heterocycles. The van der Waals surface area contributed by atoms with Gasteiger partial charge in [-0.05, 0) is 48.8 Å². The lowest BCUT2D eigenvalue weighted by Gasteiger charge is -2.22. The van der Waals surface area contributed by atoms with Gasteiger partial charge < -0.3 is 10.3 Å². The van der Waals surface area contributed by atoms with Crippen LogP contribution in [0.5, 0.6) is 0 Å². The summed E-state index contributed by atoms with van der Waals surface area (Å²) in [6.07, 6.45) is 12.3. The monoisotopic (exact) mass is 332 g/mol. The average Bonchev–Trinajstić information content (AvgIpc) is 3.33. The van der Waals surface area contributed by atoms with E-state index in [9.17, 15) is 0 Å². The van der Waals surface area contributed by atoms with E-state index in [0.717, 1.165) is 17.3 Å². The molecule has 3 aromatic rings. The zero-order valence-electron chi connectivity index (χ0n) is 14.3.